The van der Waals surface area contributed by atoms with Gasteiger partial charge in [-0.25, -0.2) is 4.98 Å². The van der Waals surface area contributed by atoms with Gasteiger partial charge in [0.15, 0.2) is 5.58 Å². The van der Waals surface area contributed by atoms with Crippen LogP contribution < -0.4 is 4.90 Å². The maximum absolute atomic E-state index is 6.40. The molecule has 0 saturated carbocycles. The normalized spacial score (nSPS) is 11.4. The zero-order valence-corrected chi connectivity index (χ0v) is 28.7. The second kappa shape index (κ2) is 12.9. The molecular weight excluding hydrogens is 649 g/mol. The van der Waals surface area contributed by atoms with Crippen molar-refractivity contribution in [3.05, 3.63) is 194 Å². The molecule has 10 rings (SSSR count). The van der Waals surface area contributed by atoms with Crippen molar-refractivity contribution in [3.8, 4) is 44.8 Å². The molecule has 0 aliphatic heterocycles. The van der Waals surface area contributed by atoms with E-state index in [1.54, 1.807) is 0 Å². The van der Waals surface area contributed by atoms with Gasteiger partial charge < -0.3 is 13.7 Å². The monoisotopic (exact) mass is 680 g/mol. The van der Waals surface area contributed by atoms with Crippen LogP contribution in [0.2, 0.25) is 0 Å². The summed E-state index contributed by atoms with van der Waals surface area (Å²) in [5, 5.41) is 2.07. The van der Waals surface area contributed by atoms with Gasteiger partial charge in [0.1, 0.15) is 16.7 Å². The highest BCUT2D eigenvalue weighted by atomic mass is 16.4. The first-order valence-electron chi connectivity index (χ1n) is 17.8. The van der Waals surface area contributed by atoms with E-state index < -0.39 is 0 Å². The van der Waals surface area contributed by atoms with Crippen LogP contribution in [0.1, 0.15) is 0 Å². The summed E-state index contributed by atoms with van der Waals surface area (Å²) >= 11 is 0. The second-order valence-corrected chi connectivity index (χ2v) is 13.2. The van der Waals surface area contributed by atoms with Crippen LogP contribution >= 0.6 is 0 Å². The number of nitrogens with zero attached hydrogens (tertiary/aromatic N) is 2. The van der Waals surface area contributed by atoms with Gasteiger partial charge in [-0.1, -0.05) is 127 Å². The molecule has 2 heterocycles. The van der Waals surface area contributed by atoms with Gasteiger partial charge in [-0.15, -0.1) is 0 Å². The van der Waals surface area contributed by atoms with E-state index in [-0.39, 0.29) is 0 Å². The van der Waals surface area contributed by atoms with Gasteiger partial charge in [-0.3, -0.25) is 0 Å². The highest BCUT2D eigenvalue weighted by molar-refractivity contribution is 6.15. The van der Waals surface area contributed by atoms with Gasteiger partial charge in [0.2, 0.25) is 5.89 Å². The van der Waals surface area contributed by atoms with Crippen LogP contribution in [0.15, 0.2) is 203 Å². The Bertz CT molecular complexity index is 2760. The van der Waals surface area contributed by atoms with E-state index in [0.717, 1.165) is 61.2 Å². The van der Waals surface area contributed by atoms with Gasteiger partial charge >= 0.3 is 0 Å². The van der Waals surface area contributed by atoms with E-state index in [1.807, 2.05) is 42.5 Å². The minimum atomic E-state index is 0.599. The van der Waals surface area contributed by atoms with E-state index in [2.05, 4.69) is 157 Å². The molecule has 0 N–H and O–H groups in total. The van der Waals surface area contributed by atoms with Crippen LogP contribution in [-0.2, 0) is 0 Å². The Morgan fingerprint density at radius 2 is 0.849 bits per heavy atom. The third-order valence-corrected chi connectivity index (χ3v) is 9.93. The number of rotatable bonds is 7. The standard InChI is InChI=1S/C49H32N2O2/c1-4-11-33(12-5-1)35-19-25-39(26-20-35)51(40-27-21-36(22-28-40)34-13-6-2-7-14-34)41-29-23-37(24-30-41)42-17-10-18-45-48(42)43-31-44-47(32-46(43)52-45)53-49(50-44)38-15-8-3-9-16-38/h1-32H. The molecule has 0 bridgehead atoms. The molecule has 4 heteroatoms. The van der Waals surface area contributed by atoms with E-state index in [0.29, 0.717) is 11.5 Å². The lowest BCUT2D eigenvalue weighted by Crippen LogP contribution is -2.09. The molecule has 10 aromatic rings. The van der Waals surface area contributed by atoms with E-state index in [1.165, 1.54) is 22.3 Å². The summed E-state index contributed by atoms with van der Waals surface area (Å²) in [4.78, 5) is 7.15. The van der Waals surface area contributed by atoms with Crippen molar-refractivity contribution >= 4 is 50.1 Å². The van der Waals surface area contributed by atoms with Crippen LogP contribution in [0.25, 0.3) is 77.9 Å². The van der Waals surface area contributed by atoms with Gasteiger partial charge in [0.05, 0.1) is 0 Å². The molecule has 0 unspecified atom stereocenters. The summed E-state index contributed by atoms with van der Waals surface area (Å²) < 4.78 is 12.6. The van der Waals surface area contributed by atoms with Crippen LogP contribution in [0, 0.1) is 0 Å². The molecule has 250 valence electrons. The van der Waals surface area contributed by atoms with Crippen molar-refractivity contribution in [2.75, 3.05) is 4.90 Å². The number of fused-ring (bicyclic) bond motifs is 4. The average molecular weight is 681 g/mol. The third kappa shape index (κ3) is 5.63. The summed E-state index contributed by atoms with van der Waals surface area (Å²) in [6, 6.07) is 67.7. The highest BCUT2D eigenvalue weighted by Gasteiger charge is 2.18. The molecule has 0 spiro atoms. The molecule has 4 nitrogen and oxygen atoms in total. The zero-order chi connectivity index (χ0) is 35.1. The number of aromatic nitrogens is 1. The lowest BCUT2D eigenvalue weighted by Gasteiger charge is -2.26. The minimum absolute atomic E-state index is 0.599. The Morgan fingerprint density at radius 3 is 1.40 bits per heavy atom. The topological polar surface area (TPSA) is 42.4 Å². The van der Waals surface area contributed by atoms with Crippen molar-refractivity contribution in [2.45, 2.75) is 0 Å². The molecule has 2 aromatic heterocycles. The van der Waals surface area contributed by atoms with Crippen molar-refractivity contribution in [2.24, 2.45) is 0 Å². The highest BCUT2D eigenvalue weighted by Crippen LogP contribution is 2.41. The molecule has 8 aromatic carbocycles. The molecule has 53 heavy (non-hydrogen) atoms. The molecule has 0 radical (unpaired) electrons. The average Bonchev–Trinajstić information content (AvgIpc) is 3.82. The van der Waals surface area contributed by atoms with Crippen LogP contribution in [0.5, 0.6) is 0 Å². The Labute approximate surface area is 306 Å². The van der Waals surface area contributed by atoms with E-state index in [4.69, 9.17) is 13.8 Å². The number of anilines is 3. The van der Waals surface area contributed by atoms with Crippen LogP contribution in [0.4, 0.5) is 17.1 Å². The van der Waals surface area contributed by atoms with Crippen LogP contribution in [-0.4, -0.2) is 4.98 Å². The van der Waals surface area contributed by atoms with E-state index in [9.17, 15) is 0 Å². The Balaban J connectivity index is 1.04. The quantitative estimate of drug-likeness (QED) is 0.168. The SMILES string of the molecule is c1ccc(-c2ccc(N(c3ccc(-c4ccccc4)cc3)c3ccc(-c4cccc5oc6cc7oc(-c8ccccc8)nc7cc6c45)cc3)cc2)cc1. The van der Waals surface area contributed by atoms with Gasteiger partial charge in [0.25, 0.3) is 0 Å². The first-order chi connectivity index (χ1) is 26.2. The van der Waals surface area contributed by atoms with E-state index >= 15 is 0 Å². The van der Waals surface area contributed by atoms with Crippen molar-refractivity contribution in [1.29, 1.82) is 0 Å². The molecule has 0 aliphatic carbocycles. The van der Waals surface area contributed by atoms with Gasteiger partial charge in [0, 0.05) is 39.5 Å². The predicted octanol–water partition coefficient (Wildman–Crippen LogP) is 13.9. The van der Waals surface area contributed by atoms with Crippen molar-refractivity contribution in [1.82, 2.24) is 4.98 Å². The Hall–Kier alpha value is -7.17. The number of benzene rings is 8. The van der Waals surface area contributed by atoms with Crippen molar-refractivity contribution < 1.29 is 8.83 Å². The van der Waals surface area contributed by atoms with Crippen LogP contribution in [0.3, 0.4) is 0 Å². The van der Waals surface area contributed by atoms with Gasteiger partial charge in [-0.05, 0) is 94.0 Å². The fourth-order valence-electron chi connectivity index (χ4n) is 7.30. The Kier molecular flexibility index (Phi) is 7.43. The number of furan rings is 1. The summed E-state index contributed by atoms with van der Waals surface area (Å²) in [5.41, 5.74) is 14.3. The summed E-state index contributed by atoms with van der Waals surface area (Å²) in [6.07, 6.45) is 0. The molecular formula is C49H32N2O2. The van der Waals surface area contributed by atoms with Crippen molar-refractivity contribution in [3.63, 3.8) is 0 Å². The summed E-state index contributed by atoms with van der Waals surface area (Å²) in [5.74, 6) is 0.599. The lowest BCUT2D eigenvalue weighted by molar-refractivity contribution is 0.617. The zero-order valence-electron chi connectivity index (χ0n) is 28.7. The number of oxazole rings is 1. The minimum Gasteiger partial charge on any atom is -0.456 e. The largest absolute Gasteiger partial charge is 0.456 e. The Morgan fingerprint density at radius 1 is 0.358 bits per heavy atom. The molecule has 0 atom stereocenters. The fraction of sp³-hybridized carbons (Fsp3) is 0. The molecule has 0 aliphatic rings. The third-order valence-electron chi connectivity index (χ3n) is 9.93. The maximum Gasteiger partial charge on any atom is 0.227 e. The predicted molar refractivity (Wildman–Crippen MR) is 218 cm³/mol. The first-order valence-corrected chi connectivity index (χ1v) is 17.8. The maximum atomic E-state index is 6.40. The fourth-order valence-corrected chi connectivity index (χ4v) is 7.30. The second-order valence-electron chi connectivity index (χ2n) is 13.2. The number of hydrogen-bond donors (Lipinski definition) is 0. The molecule has 0 saturated heterocycles. The first kappa shape index (κ1) is 30.6. The summed E-state index contributed by atoms with van der Waals surface area (Å²) in [6.45, 7) is 0. The van der Waals surface area contributed by atoms with Gasteiger partial charge in [-0.2, -0.15) is 0 Å². The lowest BCUT2D eigenvalue weighted by atomic mass is 9.98. The smallest absolute Gasteiger partial charge is 0.227 e. The molecule has 0 amide bonds. The summed E-state index contributed by atoms with van der Waals surface area (Å²) in [7, 11) is 0. The number of hydrogen-bond acceptors (Lipinski definition) is 4. The molecule has 0 fully saturated rings.